The van der Waals surface area contributed by atoms with Gasteiger partial charge in [0.1, 0.15) is 12.4 Å². The van der Waals surface area contributed by atoms with Crippen LogP contribution in [-0.4, -0.2) is 15.5 Å². The number of anilines is 1. The Labute approximate surface area is 94.8 Å². The zero-order valence-corrected chi connectivity index (χ0v) is 8.83. The van der Waals surface area contributed by atoms with Gasteiger partial charge in [-0.25, -0.2) is 9.37 Å². The second kappa shape index (κ2) is 3.64. The summed E-state index contributed by atoms with van der Waals surface area (Å²) in [6.07, 6.45) is 0. The summed E-state index contributed by atoms with van der Waals surface area (Å²) in [6.45, 7) is -0.121. The van der Waals surface area contributed by atoms with E-state index >= 15 is 0 Å². The van der Waals surface area contributed by atoms with Gasteiger partial charge < -0.3 is 16.0 Å². The number of benzene rings is 1. The molecule has 0 aliphatic carbocycles. The lowest BCUT2D eigenvalue weighted by atomic mass is 10.3. The first-order chi connectivity index (χ1) is 7.49. The molecule has 0 fully saturated rings. The Kier molecular flexibility index (Phi) is 2.43. The highest BCUT2D eigenvalue weighted by atomic mass is 35.5. The average molecular weight is 243 g/mol. The van der Waals surface area contributed by atoms with Crippen LogP contribution in [0.3, 0.4) is 0 Å². The minimum Gasteiger partial charge on any atom is -0.369 e. The van der Waals surface area contributed by atoms with Crippen LogP contribution in [0, 0.1) is 5.82 Å². The standard InChI is InChI=1S/C9H8ClFN4O/c10-4-1-7-6(2-5(4)11)14-9(13)15(7)3-8(12)16/h1-2H,3H2,(H2,12,16)(H2,13,14). The molecule has 0 radical (unpaired) electrons. The van der Waals surface area contributed by atoms with Crippen molar-refractivity contribution in [3.63, 3.8) is 0 Å². The predicted octanol–water partition coefficient (Wildman–Crippen LogP) is 0.896. The molecule has 0 aliphatic rings. The number of halogens is 2. The molecule has 2 aromatic rings. The number of primary amides is 1. The van der Waals surface area contributed by atoms with E-state index in [9.17, 15) is 9.18 Å². The van der Waals surface area contributed by atoms with Crippen LogP contribution in [0.2, 0.25) is 5.02 Å². The van der Waals surface area contributed by atoms with Crippen LogP contribution in [0.1, 0.15) is 0 Å². The van der Waals surface area contributed by atoms with Crippen LogP contribution in [-0.2, 0) is 11.3 Å². The van der Waals surface area contributed by atoms with Gasteiger partial charge in [0.25, 0.3) is 0 Å². The minimum atomic E-state index is -0.585. The Balaban J connectivity index is 2.68. The number of fused-ring (bicyclic) bond motifs is 1. The monoisotopic (exact) mass is 242 g/mol. The van der Waals surface area contributed by atoms with Crippen LogP contribution in [0.25, 0.3) is 11.0 Å². The minimum absolute atomic E-state index is 0.0573. The third-order valence-electron chi connectivity index (χ3n) is 2.13. The molecule has 5 nitrogen and oxygen atoms in total. The summed E-state index contributed by atoms with van der Waals surface area (Å²) in [5, 5.41) is -0.0573. The average Bonchev–Trinajstić information content (AvgIpc) is 2.45. The van der Waals surface area contributed by atoms with Gasteiger partial charge in [0.2, 0.25) is 11.9 Å². The van der Waals surface area contributed by atoms with Crippen molar-refractivity contribution in [3.8, 4) is 0 Å². The topological polar surface area (TPSA) is 86.9 Å². The Hall–Kier alpha value is -1.82. The Morgan fingerprint density at radius 3 is 2.88 bits per heavy atom. The van der Waals surface area contributed by atoms with Gasteiger partial charge in [-0.1, -0.05) is 11.6 Å². The molecule has 0 saturated carbocycles. The first kappa shape index (κ1) is 10.7. The number of nitrogens with zero attached hydrogens (tertiary/aromatic N) is 2. The number of hydrogen-bond acceptors (Lipinski definition) is 3. The number of nitrogens with two attached hydrogens (primary N) is 2. The van der Waals surface area contributed by atoms with Crippen LogP contribution in [0.15, 0.2) is 12.1 Å². The molecule has 0 saturated heterocycles. The SMILES string of the molecule is NC(=O)Cn1c(N)nc2cc(F)c(Cl)cc21. The number of rotatable bonds is 2. The highest BCUT2D eigenvalue weighted by Crippen LogP contribution is 2.24. The van der Waals surface area contributed by atoms with Crippen molar-refractivity contribution in [2.24, 2.45) is 5.73 Å². The summed E-state index contributed by atoms with van der Waals surface area (Å²) in [4.78, 5) is 14.7. The highest BCUT2D eigenvalue weighted by Gasteiger charge is 2.12. The fourth-order valence-electron chi connectivity index (χ4n) is 1.46. The maximum Gasteiger partial charge on any atom is 0.237 e. The lowest BCUT2D eigenvalue weighted by molar-refractivity contribution is -0.118. The van der Waals surface area contributed by atoms with Crippen molar-refractivity contribution < 1.29 is 9.18 Å². The molecule has 2 rings (SSSR count). The first-order valence-corrected chi connectivity index (χ1v) is 4.76. The second-order valence-electron chi connectivity index (χ2n) is 3.28. The lowest BCUT2D eigenvalue weighted by Gasteiger charge is -2.03. The largest absolute Gasteiger partial charge is 0.369 e. The van der Waals surface area contributed by atoms with E-state index in [1.165, 1.54) is 10.6 Å². The van der Waals surface area contributed by atoms with Gasteiger partial charge in [-0.05, 0) is 6.07 Å². The van der Waals surface area contributed by atoms with Crippen molar-refractivity contribution in [1.29, 1.82) is 0 Å². The van der Waals surface area contributed by atoms with E-state index in [4.69, 9.17) is 23.1 Å². The lowest BCUT2D eigenvalue weighted by Crippen LogP contribution is -2.19. The molecule has 1 aromatic carbocycles. The fraction of sp³-hybridized carbons (Fsp3) is 0.111. The quantitative estimate of drug-likeness (QED) is 0.820. The molecular weight excluding hydrogens is 235 g/mol. The molecule has 0 unspecified atom stereocenters. The van der Waals surface area contributed by atoms with Crippen LogP contribution in [0.4, 0.5) is 10.3 Å². The summed E-state index contributed by atoms with van der Waals surface area (Å²) >= 11 is 5.63. The van der Waals surface area contributed by atoms with Gasteiger partial charge in [0.15, 0.2) is 0 Å². The molecule has 1 aromatic heterocycles. The number of carbonyl (C=O) groups excluding carboxylic acids is 1. The Morgan fingerprint density at radius 1 is 1.56 bits per heavy atom. The molecule has 84 valence electrons. The number of nitrogen functional groups attached to an aromatic ring is 1. The van der Waals surface area contributed by atoms with Gasteiger partial charge >= 0.3 is 0 Å². The summed E-state index contributed by atoms with van der Waals surface area (Å²) in [5.41, 5.74) is 11.5. The zero-order valence-electron chi connectivity index (χ0n) is 8.08. The molecule has 0 atom stereocenters. The molecule has 16 heavy (non-hydrogen) atoms. The molecule has 7 heteroatoms. The van der Waals surface area contributed by atoms with Crippen molar-refractivity contribution in [2.75, 3.05) is 5.73 Å². The Bertz CT molecular complexity index is 580. The summed E-state index contributed by atoms with van der Waals surface area (Å²) in [6, 6.07) is 2.52. The summed E-state index contributed by atoms with van der Waals surface area (Å²) < 4.78 is 14.5. The molecule has 0 bridgehead atoms. The molecular formula is C9H8ClFN4O. The summed E-state index contributed by atoms with van der Waals surface area (Å²) in [5.74, 6) is -1.06. The number of imidazole rings is 1. The highest BCUT2D eigenvalue weighted by molar-refractivity contribution is 6.31. The predicted molar refractivity (Wildman–Crippen MR) is 58.3 cm³/mol. The molecule has 0 aliphatic heterocycles. The zero-order chi connectivity index (χ0) is 11.9. The van der Waals surface area contributed by atoms with Crippen molar-refractivity contribution in [2.45, 2.75) is 6.54 Å². The maximum absolute atomic E-state index is 13.1. The molecule has 1 amide bonds. The first-order valence-electron chi connectivity index (χ1n) is 4.38. The maximum atomic E-state index is 13.1. The number of amides is 1. The molecule has 0 spiro atoms. The van der Waals surface area contributed by atoms with E-state index in [2.05, 4.69) is 4.98 Å². The fourth-order valence-corrected chi connectivity index (χ4v) is 1.62. The van der Waals surface area contributed by atoms with Crippen LogP contribution >= 0.6 is 11.6 Å². The molecule has 1 heterocycles. The second-order valence-corrected chi connectivity index (χ2v) is 3.68. The van der Waals surface area contributed by atoms with E-state index in [0.29, 0.717) is 11.0 Å². The van der Waals surface area contributed by atoms with Crippen molar-refractivity contribution in [3.05, 3.63) is 23.0 Å². The van der Waals surface area contributed by atoms with Crippen molar-refractivity contribution >= 4 is 34.5 Å². The van der Waals surface area contributed by atoms with Gasteiger partial charge in [-0.2, -0.15) is 0 Å². The van der Waals surface area contributed by atoms with E-state index in [1.807, 2.05) is 0 Å². The van der Waals surface area contributed by atoms with Gasteiger partial charge in [-0.15, -0.1) is 0 Å². The van der Waals surface area contributed by atoms with Gasteiger partial charge in [-0.3, -0.25) is 4.79 Å². The number of hydrogen-bond donors (Lipinski definition) is 2. The van der Waals surface area contributed by atoms with Crippen LogP contribution < -0.4 is 11.5 Å². The van der Waals surface area contributed by atoms with Gasteiger partial charge in [0.05, 0.1) is 16.1 Å². The van der Waals surface area contributed by atoms with Gasteiger partial charge in [0, 0.05) is 6.07 Å². The smallest absolute Gasteiger partial charge is 0.237 e. The third-order valence-corrected chi connectivity index (χ3v) is 2.42. The van der Waals surface area contributed by atoms with E-state index in [1.54, 1.807) is 0 Å². The summed E-state index contributed by atoms with van der Waals surface area (Å²) in [7, 11) is 0. The Morgan fingerprint density at radius 2 is 2.25 bits per heavy atom. The van der Waals surface area contributed by atoms with Crippen LogP contribution in [0.5, 0.6) is 0 Å². The number of carbonyl (C=O) groups is 1. The normalized spacial score (nSPS) is 10.9. The van der Waals surface area contributed by atoms with Crippen molar-refractivity contribution in [1.82, 2.24) is 9.55 Å². The van der Waals surface area contributed by atoms with E-state index in [-0.39, 0.29) is 17.5 Å². The van der Waals surface area contributed by atoms with E-state index < -0.39 is 11.7 Å². The molecule has 4 N–H and O–H groups in total. The van der Waals surface area contributed by atoms with E-state index in [0.717, 1.165) is 6.07 Å². The third kappa shape index (κ3) is 1.67. The number of aromatic nitrogens is 2.